The molecule has 31 heavy (non-hydrogen) atoms. The lowest BCUT2D eigenvalue weighted by Gasteiger charge is -2.14. The van der Waals surface area contributed by atoms with Gasteiger partial charge in [0.15, 0.2) is 5.82 Å². The maximum Gasteiger partial charge on any atom is 0.163 e. The van der Waals surface area contributed by atoms with E-state index in [1.165, 1.54) is 12.1 Å². The summed E-state index contributed by atoms with van der Waals surface area (Å²) in [6, 6.07) is 24.3. The van der Waals surface area contributed by atoms with Crippen molar-refractivity contribution in [1.29, 1.82) is 0 Å². The van der Waals surface area contributed by atoms with Crippen molar-refractivity contribution in [2.75, 3.05) is 5.32 Å². The number of pyridine rings is 1. The Balaban J connectivity index is 1.74. The van der Waals surface area contributed by atoms with Gasteiger partial charge in [0.25, 0.3) is 0 Å². The van der Waals surface area contributed by atoms with Gasteiger partial charge in [-0.15, -0.1) is 0 Å². The molecule has 0 aliphatic carbocycles. The quantitative estimate of drug-likeness (QED) is 0.339. The van der Waals surface area contributed by atoms with Crippen molar-refractivity contribution < 1.29 is 4.39 Å². The van der Waals surface area contributed by atoms with Crippen LogP contribution in [0.15, 0.2) is 91.3 Å². The predicted molar refractivity (Wildman–Crippen MR) is 123 cm³/mol. The number of hydrogen-bond acceptors (Lipinski definition) is 4. The fourth-order valence-corrected chi connectivity index (χ4v) is 3.61. The fraction of sp³-hybridized carbons (Fsp3) is 0. The molecule has 0 radical (unpaired) electrons. The Labute approximate surface area is 183 Å². The second-order valence-electron chi connectivity index (χ2n) is 6.96. The van der Waals surface area contributed by atoms with E-state index in [1.54, 1.807) is 18.5 Å². The van der Waals surface area contributed by atoms with Crippen LogP contribution in [0.3, 0.4) is 0 Å². The average Bonchev–Trinajstić information content (AvgIpc) is 2.82. The van der Waals surface area contributed by atoms with Gasteiger partial charge in [0.05, 0.1) is 10.5 Å². The van der Waals surface area contributed by atoms with E-state index in [2.05, 4.69) is 10.3 Å². The lowest BCUT2D eigenvalue weighted by Crippen LogP contribution is -2.01. The predicted octanol–water partition coefficient (Wildman–Crippen LogP) is 6.89. The van der Waals surface area contributed by atoms with Crippen molar-refractivity contribution >= 4 is 34.0 Å². The zero-order valence-electron chi connectivity index (χ0n) is 16.3. The molecule has 2 aromatic heterocycles. The molecule has 0 atom stereocenters. The van der Waals surface area contributed by atoms with Gasteiger partial charge in [-0.1, -0.05) is 54.1 Å². The molecule has 0 unspecified atom stereocenters. The number of anilines is 2. The Morgan fingerprint density at radius 3 is 2.42 bits per heavy atom. The summed E-state index contributed by atoms with van der Waals surface area (Å²) in [6.45, 7) is 0. The molecule has 4 nitrogen and oxygen atoms in total. The molecule has 1 N–H and O–H groups in total. The second kappa shape index (κ2) is 8.13. The molecule has 0 spiro atoms. The number of fused-ring (bicyclic) bond motifs is 1. The van der Waals surface area contributed by atoms with Crippen LogP contribution in [0.25, 0.3) is 33.4 Å². The zero-order chi connectivity index (χ0) is 21.2. The van der Waals surface area contributed by atoms with E-state index in [4.69, 9.17) is 21.6 Å². The van der Waals surface area contributed by atoms with Crippen LogP contribution < -0.4 is 5.32 Å². The summed E-state index contributed by atoms with van der Waals surface area (Å²) in [6.07, 6.45) is 3.43. The average molecular weight is 427 g/mol. The first-order valence-electron chi connectivity index (χ1n) is 9.68. The molecule has 0 saturated heterocycles. The van der Waals surface area contributed by atoms with Crippen molar-refractivity contribution in [3.63, 3.8) is 0 Å². The second-order valence-corrected chi connectivity index (χ2v) is 7.37. The van der Waals surface area contributed by atoms with Crippen LogP contribution in [0.1, 0.15) is 0 Å². The maximum absolute atomic E-state index is 13.6. The number of para-hydroxylation sites is 1. The molecule has 5 aromatic rings. The number of halogens is 2. The van der Waals surface area contributed by atoms with E-state index in [1.807, 2.05) is 60.7 Å². The lowest BCUT2D eigenvalue weighted by molar-refractivity contribution is 0.628. The molecular formula is C25H16ClFN4. The van der Waals surface area contributed by atoms with Gasteiger partial charge in [-0.05, 0) is 42.0 Å². The Morgan fingerprint density at radius 1 is 0.806 bits per heavy atom. The fourth-order valence-electron chi connectivity index (χ4n) is 3.43. The maximum atomic E-state index is 13.6. The summed E-state index contributed by atoms with van der Waals surface area (Å²) in [5.74, 6) is 0.672. The van der Waals surface area contributed by atoms with E-state index in [-0.39, 0.29) is 5.02 Å². The van der Waals surface area contributed by atoms with Crippen LogP contribution in [0.2, 0.25) is 5.02 Å². The van der Waals surface area contributed by atoms with E-state index in [0.717, 1.165) is 27.6 Å². The van der Waals surface area contributed by atoms with Gasteiger partial charge in [0, 0.05) is 34.6 Å². The molecule has 0 bridgehead atoms. The van der Waals surface area contributed by atoms with Crippen molar-refractivity contribution in [2.45, 2.75) is 0 Å². The number of hydrogen-bond donors (Lipinski definition) is 1. The molecule has 6 heteroatoms. The van der Waals surface area contributed by atoms with Crippen LogP contribution >= 0.6 is 11.6 Å². The minimum absolute atomic E-state index is 0.0424. The normalized spacial score (nSPS) is 10.9. The Kier molecular flexibility index (Phi) is 5.02. The minimum atomic E-state index is -0.470. The van der Waals surface area contributed by atoms with Crippen LogP contribution in [0.5, 0.6) is 0 Å². The van der Waals surface area contributed by atoms with Gasteiger partial charge in [0.2, 0.25) is 0 Å². The molecular weight excluding hydrogens is 411 g/mol. The third-order valence-corrected chi connectivity index (χ3v) is 5.20. The SMILES string of the molecule is Fc1ccc(Nc2nc(-c3cccnc3)nc3c(-c4ccccc4)cccc23)cc1Cl. The highest BCUT2D eigenvalue weighted by atomic mass is 35.5. The number of aromatic nitrogens is 3. The summed E-state index contributed by atoms with van der Waals surface area (Å²) in [5.41, 5.74) is 4.28. The molecule has 0 aliphatic heterocycles. The number of nitrogens with zero attached hydrogens (tertiary/aromatic N) is 3. The standard InChI is InChI=1S/C25H16ClFN4/c26-21-14-18(11-12-22(21)27)29-25-20-10-4-9-19(16-6-2-1-3-7-16)23(20)30-24(31-25)17-8-5-13-28-15-17/h1-15H,(H,29,30,31). The van der Waals surface area contributed by atoms with E-state index >= 15 is 0 Å². The Morgan fingerprint density at radius 2 is 1.65 bits per heavy atom. The molecule has 0 aliphatic rings. The monoisotopic (exact) mass is 426 g/mol. The zero-order valence-corrected chi connectivity index (χ0v) is 17.0. The Hall–Kier alpha value is -3.83. The third-order valence-electron chi connectivity index (χ3n) is 4.91. The lowest BCUT2D eigenvalue weighted by atomic mass is 10.0. The first-order chi connectivity index (χ1) is 15.2. The topological polar surface area (TPSA) is 50.7 Å². The summed E-state index contributed by atoms with van der Waals surface area (Å²) in [5, 5.41) is 4.17. The first-order valence-corrected chi connectivity index (χ1v) is 10.1. The van der Waals surface area contributed by atoms with E-state index in [9.17, 15) is 4.39 Å². The van der Waals surface area contributed by atoms with Crippen LogP contribution in [-0.4, -0.2) is 15.0 Å². The van der Waals surface area contributed by atoms with Crippen molar-refractivity contribution in [2.24, 2.45) is 0 Å². The molecule has 3 aromatic carbocycles. The highest BCUT2D eigenvalue weighted by Gasteiger charge is 2.14. The first kappa shape index (κ1) is 19.2. The minimum Gasteiger partial charge on any atom is -0.340 e. The molecule has 5 rings (SSSR count). The molecule has 2 heterocycles. The van der Waals surface area contributed by atoms with Gasteiger partial charge in [-0.25, -0.2) is 14.4 Å². The summed E-state index contributed by atoms with van der Waals surface area (Å²) < 4.78 is 13.6. The van der Waals surface area contributed by atoms with Gasteiger partial charge in [-0.3, -0.25) is 4.98 Å². The van der Waals surface area contributed by atoms with Crippen LogP contribution in [-0.2, 0) is 0 Å². The van der Waals surface area contributed by atoms with Gasteiger partial charge in [0.1, 0.15) is 11.6 Å². The van der Waals surface area contributed by atoms with Gasteiger partial charge < -0.3 is 5.32 Å². The number of benzene rings is 3. The summed E-state index contributed by atoms with van der Waals surface area (Å²) in [7, 11) is 0. The van der Waals surface area contributed by atoms with Crippen LogP contribution in [0, 0.1) is 5.82 Å². The molecule has 0 fully saturated rings. The molecule has 0 amide bonds. The smallest absolute Gasteiger partial charge is 0.163 e. The van der Waals surface area contributed by atoms with E-state index in [0.29, 0.717) is 17.3 Å². The van der Waals surface area contributed by atoms with Crippen molar-refractivity contribution in [1.82, 2.24) is 15.0 Å². The third kappa shape index (κ3) is 3.83. The largest absolute Gasteiger partial charge is 0.340 e. The highest BCUT2D eigenvalue weighted by Crippen LogP contribution is 2.34. The summed E-state index contributed by atoms with van der Waals surface area (Å²) in [4.78, 5) is 13.8. The van der Waals surface area contributed by atoms with Gasteiger partial charge in [-0.2, -0.15) is 0 Å². The number of nitrogens with one attached hydrogen (secondary N) is 1. The number of rotatable bonds is 4. The van der Waals surface area contributed by atoms with Crippen molar-refractivity contribution in [3.05, 3.63) is 102 Å². The highest BCUT2D eigenvalue weighted by molar-refractivity contribution is 6.31. The Bertz CT molecular complexity index is 1380. The van der Waals surface area contributed by atoms with E-state index < -0.39 is 5.82 Å². The van der Waals surface area contributed by atoms with Crippen LogP contribution in [0.4, 0.5) is 15.9 Å². The summed E-state index contributed by atoms with van der Waals surface area (Å²) >= 11 is 5.97. The molecule has 150 valence electrons. The van der Waals surface area contributed by atoms with Crippen molar-refractivity contribution in [3.8, 4) is 22.5 Å². The molecule has 0 saturated carbocycles. The van der Waals surface area contributed by atoms with Gasteiger partial charge >= 0.3 is 0 Å².